The van der Waals surface area contributed by atoms with Gasteiger partial charge in [-0.05, 0) is 0 Å². The first kappa shape index (κ1) is 16.7. The van der Waals surface area contributed by atoms with Crippen molar-refractivity contribution in [2.45, 2.75) is 6.68 Å². The predicted molar refractivity (Wildman–Crippen MR) is 22.4 cm³/mol. The van der Waals surface area contributed by atoms with Gasteiger partial charge in [0.15, 0.2) is 0 Å². The summed E-state index contributed by atoms with van der Waals surface area (Å²) in [4.78, 5) is 0. The van der Waals surface area contributed by atoms with E-state index in [-0.39, 0.29) is 20.3 Å². The largest absolute Gasteiger partial charge is 1.00 e. The van der Waals surface area contributed by atoms with E-state index in [1.807, 2.05) is 0 Å². The van der Waals surface area contributed by atoms with Gasteiger partial charge in [0.25, 0.3) is 0 Å². The molecule has 60 valence electrons. The van der Waals surface area contributed by atoms with Crippen molar-refractivity contribution in [2.75, 3.05) is 0 Å². The van der Waals surface area contributed by atoms with Crippen LogP contribution in [0.15, 0.2) is 0 Å². The first-order chi connectivity index (χ1) is 3.73. The smallest absolute Gasteiger partial charge is 1.00 e. The van der Waals surface area contributed by atoms with E-state index in [0.717, 1.165) is 0 Å². The molecule has 10 heavy (non-hydrogen) atoms. The van der Waals surface area contributed by atoms with Gasteiger partial charge < -0.3 is 1.43 Å². The molecule has 0 heterocycles. The fraction of sp³-hybridized carbons (Fsp3) is 1.00. The SMILES string of the molecule is FC(F)F.O=S(=O)(O)O.[H-].[Li+]. The van der Waals surface area contributed by atoms with Crippen molar-refractivity contribution < 1.29 is 51.0 Å². The van der Waals surface area contributed by atoms with E-state index in [2.05, 4.69) is 0 Å². The second-order valence-electron chi connectivity index (χ2n) is 0.695. The molecule has 0 aromatic heterocycles. The minimum Gasteiger partial charge on any atom is -1.00 e. The maximum atomic E-state index is 9.67. The standard InChI is InChI=1S/CHF3.Li.H2O4S.H/c2-1(3)4;;1-5(2,3)4;/h1H;;(H2,1,2,3,4);/q;+1;;-1. The van der Waals surface area contributed by atoms with E-state index < -0.39 is 17.1 Å². The van der Waals surface area contributed by atoms with Crippen LogP contribution < -0.4 is 18.9 Å². The van der Waals surface area contributed by atoms with E-state index in [1.165, 1.54) is 0 Å². The van der Waals surface area contributed by atoms with Crippen LogP contribution in [-0.4, -0.2) is 24.2 Å². The summed E-state index contributed by atoms with van der Waals surface area (Å²) in [5, 5.41) is 0. The van der Waals surface area contributed by atoms with Crippen molar-refractivity contribution >= 4 is 10.4 Å². The molecular formula is CH4F3LiO4S. The first-order valence-electron chi connectivity index (χ1n) is 1.35. The molecule has 0 aliphatic carbocycles. The quantitative estimate of drug-likeness (QED) is 0.320. The Hall–Kier alpha value is 0.257. The number of alkyl halides is 3. The predicted octanol–water partition coefficient (Wildman–Crippen LogP) is -2.36. The van der Waals surface area contributed by atoms with Gasteiger partial charge in [-0.15, -0.1) is 0 Å². The summed E-state index contributed by atoms with van der Waals surface area (Å²) < 4.78 is 60.6. The van der Waals surface area contributed by atoms with Gasteiger partial charge in [-0.25, -0.2) is 0 Å². The molecular weight excluding hydrogens is 172 g/mol. The third-order valence-corrected chi connectivity index (χ3v) is 0. The summed E-state index contributed by atoms with van der Waals surface area (Å²) in [6.07, 6.45) is 0. The molecule has 0 saturated heterocycles. The Morgan fingerprint density at radius 3 is 1.20 bits per heavy atom. The number of halogens is 3. The molecule has 0 unspecified atom stereocenters. The van der Waals surface area contributed by atoms with Gasteiger partial charge in [0, 0.05) is 0 Å². The number of rotatable bonds is 0. The van der Waals surface area contributed by atoms with Crippen molar-refractivity contribution in [1.29, 1.82) is 0 Å². The van der Waals surface area contributed by atoms with E-state index >= 15 is 0 Å². The fourth-order valence-electron chi connectivity index (χ4n) is 0. The Bertz CT molecular complexity index is 137. The van der Waals surface area contributed by atoms with Gasteiger partial charge in [0.2, 0.25) is 0 Å². The van der Waals surface area contributed by atoms with Crippen molar-refractivity contribution in [3.05, 3.63) is 0 Å². The molecule has 0 atom stereocenters. The van der Waals surface area contributed by atoms with Gasteiger partial charge in [-0.2, -0.15) is 21.6 Å². The minimum atomic E-state index is -4.67. The maximum absolute atomic E-state index is 9.67. The normalized spacial score (nSPS) is 9.40. The second kappa shape index (κ2) is 7.37. The topological polar surface area (TPSA) is 74.6 Å². The molecule has 0 bridgehead atoms. The van der Waals surface area contributed by atoms with Crippen LogP contribution in [0.5, 0.6) is 0 Å². The van der Waals surface area contributed by atoms with Crippen LogP contribution in [0.4, 0.5) is 13.2 Å². The van der Waals surface area contributed by atoms with Gasteiger partial charge in [-0.3, -0.25) is 9.11 Å². The summed E-state index contributed by atoms with van der Waals surface area (Å²) in [5.74, 6) is 0. The van der Waals surface area contributed by atoms with Crippen LogP contribution in [0.3, 0.4) is 0 Å². The molecule has 0 amide bonds. The molecule has 0 aromatic carbocycles. The summed E-state index contributed by atoms with van der Waals surface area (Å²) >= 11 is 0. The fourth-order valence-corrected chi connectivity index (χ4v) is 0. The summed E-state index contributed by atoms with van der Waals surface area (Å²) in [5.41, 5.74) is 0. The molecule has 0 saturated carbocycles. The van der Waals surface area contributed by atoms with Crippen molar-refractivity contribution in [2.24, 2.45) is 0 Å². The molecule has 0 radical (unpaired) electrons. The second-order valence-corrected chi connectivity index (χ2v) is 1.59. The molecule has 2 N–H and O–H groups in total. The van der Waals surface area contributed by atoms with Crippen molar-refractivity contribution in [3.63, 3.8) is 0 Å². The Morgan fingerprint density at radius 2 is 1.20 bits per heavy atom. The van der Waals surface area contributed by atoms with E-state index in [0.29, 0.717) is 0 Å². The first-order valence-corrected chi connectivity index (χ1v) is 2.75. The van der Waals surface area contributed by atoms with Crippen LogP contribution in [0.25, 0.3) is 0 Å². The van der Waals surface area contributed by atoms with E-state index in [4.69, 9.17) is 17.5 Å². The van der Waals surface area contributed by atoms with Crippen molar-refractivity contribution in [3.8, 4) is 0 Å². The zero-order chi connectivity index (χ0) is 8.08. The molecule has 4 nitrogen and oxygen atoms in total. The number of hydrogen-bond acceptors (Lipinski definition) is 2. The van der Waals surface area contributed by atoms with E-state index in [9.17, 15) is 13.2 Å². The van der Waals surface area contributed by atoms with Gasteiger partial charge in [0.1, 0.15) is 0 Å². The average molecular weight is 176 g/mol. The minimum absolute atomic E-state index is 0. The van der Waals surface area contributed by atoms with Crippen molar-refractivity contribution in [1.82, 2.24) is 0 Å². The van der Waals surface area contributed by atoms with Crippen LogP contribution in [-0.2, 0) is 10.4 Å². The number of hydrogen-bond donors (Lipinski definition) is 2. The Labute approximate surface area is 68.7 Å². The van der Waals surface area contributed by atoms with Crippen LogP contribution in [0, 0.1) is 0 Å². The summed E-state index contributed by atoms with van der Waals surface area (Å²) in [6.45, 7) is -3.67. The molecule has 0 aromatic rings. The summed E-state index contributed by atoms with van der Waals surface area (Å²) in [7, 11) is -4.67. The van der Waals surface area contributed by atoms with Crippen LogP contribution in [0.1, 0.15) is 1.43 Å². The maximum Gasteiger partial charge on any atom is 1.00 e. The Kier molecular flexibility index (Phi) is 12.3. The third-order valence-electron chi connectivity index (χ3n) is 0. The molecule has 9 heteroatoms. The monoisotopic (exact) mass is 176 g/mol. The van der Waals surface area contributed by atoms with Crippen LogP contribution in [0.2, 0.25) is 0 Å². The van der Waals surface area contributed by atoms with E-state index in [1.54, 1.807) is 0 Å². The van der Waals surface area contributed by atoms with Gasteiger partial charge in [0.05, 0.1) is 0 Å². The molecule has 0 aliphatic heterocycles. The molecule has 0 aliphatic rings. The summed E-state index contributed by atoms with van der Waals surface area (Å²) in [6, 6.07) is 0. The molecule has 0 spiro atoms. The van der Waals surface area contributed by atoms with Gasteiger partial charge >= 0.3 is 35.9 Å². The molecule has 0 fully saturated rings. The molecule has 0 rings (SSSR count). The zero-order valence-corrected chi connectivity index (χ0v) is 5.65. The van der Waals surface area contributed by atoms with Crippen LogP contribution >= 0.6 is 0 Å². The Balaban J connectivity index is -0.0000000383. The zero-order valence-electron chi connectivity index (χ0n) is 5.83. The van der Waals surface area contributed by atoms with Gasteiger partial charge in [-0.1, -0.05) is 0 Å². The Morgan fingerprint density at radius 1 is 1.20 bits per heavy atom. The third kappa shape index (κ3) is 6560. The average Bonchev–Trinajstić information content (AvgIpc) is 1.19.